The Morgan fingerprint density at radius 2 is 2.00 bits per heavy atom. The number of nitrogens with one attached hydrogen (secondary N) is 1. The highest BCUT2D eigenvalue weighted by atomic mass is 32.2. The van der Waals surface area contributed by atoms with Crippen LogP contribution in [0.4, 0.5) is 4.79 Å². The fourth-order valence-electron chi connectivity index (χ4n) is 1.66. The predicted octanol–water partition coefficient (Wildman–Crippen LogP) is 0.116. The molecule has 1 saturated heterocycles. The van der Waals surface area contributed by atoms with Crippen molar-refractivity contribution >= 4 is 22.8 Å². The summed E-state index contributed by atoms with van der Waals surface area (Å²) in [5, 5.41) is 11.4. The number of aliphatic carboxylic acids is 1. The number of urea groups is 1. The fraction of sp³-hybridized carbons (Fsp3) is 0.818. The molecule has 3 unspecified atom stereocenters. The van der Waals surface area contributed by atoms with Gasteiger partial charge in [0.1, 0.15) is 0 Å². The van der Waals surface area contributed by atoms with Crippen LogP contribution in [-0.2, 0) is 15.6 Å². The first kappa shape index (κ1) is 14.9. The highest BCUT2D eigenvalue weighted by molar-refractivity contribution is 7.84. The van der Waals surface area contributed by atoms with Crippen molar-refractivity contribution in [2.24, 2.45) is 11.8 Å². The van der Waals surface area contributed by atoms with Crippen molar-refractivity contribution in [2.45, 2.75) is 19.1 Å². The zero-order valence-electron chi connectivity index (χ0n) is 10.9. The zero-order chi connectivity index (χ0) is 13.9. The quantitative estimate of drug-likeness (QED) is 0.746. The first-order chi connectivity index (χ1) is 8.32. The molecule has 1 heterocycles. The van der Waals surface area contributed by atoms with Crippen LogP contribution in [0.1, 0.15) is 13.8 Å². The molecule has 3 atom stereocenters. The largest absolute Gasteiger partial charge is 0.481 e. The van der Waals surface area contributed by atoms with Gasteiger partial charge in [0.25, 0.3) is 0 Å². The zero-order valence-corrected chi connectivity index (χ0v) is 11.7. The molecule has 6 nitrogen and oxygen atoms in total. The number of carbonyl (C=O) groups is 2. The smallest absolute Gasteiger partial charge is 0.317 e. The minimum Gasteiger partial charge on any atom is -0.481 e. The van der Waals surface area contributed by atoms with E-state index >= 15 is 0 Å². The molecule has 0 aliphatic carbocycles. The molecule has 1 rings (SSSR count). The second-order valence-electron chi connectivity index (χ2n) is 4.79. The molecule has 1 fully saturated rings. The molecule has 0 spiro atoms. The number of hydrogen-bond acceptors (Lipinski definition) is 3. The van der Waals surface area contributed by atoms with Crippen LogP contribution in [0.25, 0.3) is 0 Å². The summed E-state index contributed by atoms with van der Waals surface area (Å²) in [6.07, 6.45) is 1.60. The van der Waals surface area contributed by atoms with Crippen molar-refractivity contribution in [3.05, 3.63) is 0 Å². The fourth-order valence-corrected chi connectivity index (χ4v) is 1.97. The SMILES string of the molecule is CC(C(=O)O)C1CN(C(=O)NCC(C)S(C)=O)C1. The van der Waals surface area contributed by atoms with Crippen LogP contribution in [0.5, 0.6) is 0 Å². The number of nitrogens with zero attached hydrogens (tertiary/aromatic N) is 1. The number of amides is 2. The standard InChI is InChI=1S/C11H20N2O4S/c1-7(18(3)17)4-12-11(16)13-5-9(6-13)8(2)10(14)15/h7-9H,4-6H2,1-3H3,(H,12,16)(H,14,15). The van der Waals surface area contributed by atoms with E-state index in [1.54, 1.807) is 18.1 Å². The van der Waals surface area contributed by atoms with E-state index in [1.807, 2.05) is 6.92 Å². The van der Waals surface area contributed by atoms with Crippen LogP contribution in [0, 0.1) is 11.8 Å². The second-order valence-corrected chi connectivity index (χ2v) is 6.59. The summed E-state index contributed by atoms with van der Waals surface area (Å²) in [7, 11) is -0.955. The Bertz CT molecular complexity index is 355. The molecule has 1 aliphatic heterocycles. The molecular formula is C11H20N2O4S. The molecular weight excluding hydrogens is 256 g/mol. The number of carbonyl (C=O) groups excluding carboxylic acids is 1. The summed E-state index contributed by atoms with van der Waals surface area (Å²) >= 11 is 0. The van der Waals surface area contributed by atoms with Gasteiger partial charge >= 0.3 is 12.0 Å². The van der Waals surface area contributed by atoms with Crippen LogP contribution in [0.3, 0.4) is 0 Å². The van der Waals surface area contributed by atoms with E-state index in [0.717, 1.165) is 0 Å². The lowest BCUT2D eigenvalue weighted by Crippen LogP contribution is -2.57. The molecule has 0 bridgehead atoms. The normalized spacial score (nSPS) is 20.7. The van der Waals surface area contributed by atoms with Gasteiger partial charge in [-0.3, -0.25) is 9.00 Å². The van der Waals surface area contributed by atoms with E-state index in [9.17, 15) is 13.8 Å². The van der Waals surface area contributed by atoms with Gasteiger partial charge in [-0.05, 0) is 6.92 Å². The average Bonchev–Trinajstić information content (AvgIpc) is 2.23. The summed E-state index contributed by atoms with van der Waals surface area (Å²) in [4.78, 5) is 24.0. The Balaban J connectivity index is 2.27. The van der Waals surface area contributed by atoms with E-state index in [-0.39, 0.29) is 17.2 Å². The van der Waals surface area contributed by atoms with Crippen molar-refractivity contribution in [1.29, 1.82) is 0 Å². The maximum absolute atomic E-state index is 11.7. The molecule has 0 radical (unpaired) electrons. The van der Waals surface area contributed by atoms with Crippen molar-refractivity contribution in [2.75, 3.05) is 25.9 Å². The van der Waals surface area contributed by atoms with Gasteiger partial charge in [0.05, 0.1) is 5.92 Å². The highest BCUT2D eigenvalue weighted by Crippen LogP contribution is 2.23. The third-order valence-corrected chi connectivity index (χ3v) is 4.70. The third kappa shape index (κ3) is 3.69. The Labute approximate surface area is 109 Å². The molecule has 2 amide bonds. The van der Waals surface area contributed by atoms with Crippen LogP contribution in [-0.4, -0.2) is 57.4 Å². The summed E-state index contributed by atoms with van der Waals surface area (Å²) in [6.45, 7) is 4.79. The topological polar surface area (TPSA) is 86.7 Å². The summed E-state index contributed by atoms with van der Waals surface area (Å²) in [6, 6.07) is -0.207. The number of carboxylic acids is 1. The molecule has 1 aliphatic rings. The van der Waals surface area contributed by atoms with E-state index in [1.165, 1.54) is 0 Å². The lowest BCUT2D eigenvalue weighted by Gasteiger charge is -2.41. The molecule has 0 aromatic heterocycles. The van der Waals surface area contributed by atoms with Crippen molar-refractivity contribution in [3.8, 4) is 0 Å². The Morgan fingerprint density at radius 3 is 2.44 bits per heavy atom. The lowest BCUT2D eigenvalue weighted by molar-refractivity contribution is -0.144. The van der Waals surface area contributed by atoms with Gasteiger partial charge in [-0.1, -0.05) is 6.92 Å². The van der Waals surface area contributed by atoms with Crippen LogP contribution >= 0.6 is 0 Å². The Kier molecular flexibility index (Phi) is 5.13. The summed E-state index contributed by atoms with van der Waals surface area (Å²) in [5.41, 5.74) is 0. The summed E-state index contributed by atoms with van der Waals surface area (Å²) in [5.74, 6) is -1.21. The van der Waals surface area contributed by atoms with Crippen molar-refractivity contribution in [1.82, 2.24) is 10.2 Å². The number of likely N-dealkylation sites (tertiary alicyclic amines) is 1. The second kappa shape index (κ2) is 6.17. The Morgan fingerprint density at radius 1 is 1.44 bits per heavy atom. The predicted molar refractivity (Wildman–Crippen MR) is 68.8 cm³/mol. The average molecular weight is 276 g/mol. The van der Waals surface area contributed by atoms with E-state index in [0.29, 0.717) is 19.6 Å². The lowest BCUT2D eigenvalue weighted by atomic mass is 9.87. The van der Waals surface area contributed by atoms with Gasteiger partial charge < -0.3 is 15.3 Å². The molecule has 2 N–H and O–H groups in total. The van der Waals surface area contributed by atoms with Gasteiger partial charge in [0, 0.05) is 47.9 Å². The van der Waals surface area contributed by atoms with E-state index in [2.05, 4.69) is 5.32 Å². The first-order valence-corrected chi connectivity index (χ1v) is 7.52. The molecule has 18 heavy (non-hydrogen) atoms. The summed E-state index contributed by atoms with van der Waals surface area (Å²) < 4.78 is 11.1. The van der Waals surface area contributed by atoms with Crippen molar-refractivity contribution < 1.29 is 18.9 Å². The van der Waals surface area contributed by atoms with Gasteiger partial charge in [-0.2, -0.15) is 0 Å². The van der Waals surface area contributed by atoms with Gasteiger partial charge in [-0.15, -0.1) is 0 Å². The number of hydrogen-bond donors (Lipinski definition) is 2. The number of rotatable bonds is 5. The van der Waals surface area contributed by atoms with Gasteiger partial charge in [0.2, 0.25) is 0 Å². The molecule has 0 aromatic carbocycles. The number of carboxylic acid groups (broad SMARTS) is 1. The first-order valence-electron chi connectivity index (χ1n) is 5.90. The van der Waals surface area contributed by atoms with E-state index in [4.69, 9.17) is 5.11 Å². The molecule has 104 valence electrons. The highest BCUT2D eigenvalue weighted by Gasteiger charge is 2.37. The van der Waals surface area contributed by atoms with Gasteiger partial charge in [-0.25, -0.2) is 4.79 Å². The monoisotopic (exact) mass is 276 g/mol. The molecule has 0 saturated carbocycles. The maximum Gasteiger partial charge on any atom is 0.317 e. The Hall–Kier alpha value is -1.11. The molecule has 7 heteroatoms. The minimum atomic E-state index is -0.955. The van der Waals surface area contributed by atoms with Crippen LogP contribution in [0.15, 0.2) is 0 Å². The minimum absolute atomic E-state index is 0.0333. The van der Waals surface area contributed by atoms with Crippen LogP contribution in [0.2, 0.25) is 0 Å². The van der Waals surface area contributed by atoms with E-state index < -0.39 is 22.7 Å². The molecule has 0 aromatic rings. The van der Waals surface area contributed by atoms with Gasteiger partial charge in [0.15, 0.2) is 0 Å². The third-order valence-electron chi connectivity index (χ3n) is 3.40. The maximum atomic E-state index is 11.7. The van der Waals surface area contributed by atoms with Crippen LogP contribution < -0.4 is 5.32 Å². The van der Waals surface area contributed by atoms with Crippen molar-refractivity contribution in [3.63, 3.8) is 0 Å².